The Labute approximate surface area is 180 Å². The number of aromatic nitrogens is 1. The lowest BCUT2D eigenvalue weighted by Gasteiger charge is -2.37. The molecule has 1 aromatic heterocycles. The second-order valence-corrected chi connectivity index (χ2v) is 8.27. The van der Waals surface area contributed by atoms with Gasteiger partial charge < -0.3 is 9.47 Å². The van der Waals surface area contributed by atoms with Crippen LogP contribution in [0.2, 0.25) is 5.02 Å². The third-order valence-electron chi connectivity index (χ3n) is 5.93. The molecule has 0 radical (unpaired) electrons. The van der Waals surface area contributed by atoms with Gasteiger partial charge in [-0.2, -0.15) is 0 Å². The van der Waals surface area contributed by atoms with Gasteiger partial charge in [-0.05, 0) is 24.1 Å². The first-order valence-electron chi connectivity index (χ1n) is 10.2. The second-order valence-electron chi connectivity index (χ2n) is 7.90. The zero-order valence-electron chi connectivity index (χ0n) is 16.9. The zero-order chi connectivity index (χ0) is 21.3. The van der Waals surface area contributed by atoms with Crippen LogP contribution in [0.5, 0.6) is 0 Å². The third kappa shape index (κ3) is 4.13. The van der Waals surface area contributed by atoms with Gasteiger partial charge in [-0.25, -0.2) is 0 Å². The fraction of sp³-hybridized carbons (Fsp3) is 0.409. The molecule has 2 saturated heterocycles. The molecule has 0 saturated carbocycles. The molecule has 3 heterocycles. The number of piperazine rings is 1. The van der Waals surface area contributed by atoms with Gasteiger partial charge >= 0.3 is 0 Å². The monoisotopic (exact) mass is 428 g/mol. The van der Waals surface area contributed by atoms with E-state index >= 15 is 0 Å². The van der Waals surface area contributed by atoms with Crippen molar-refractivity contribution in [1.29, 1.82) is 0 Å². The van der Waals surface area contributed by atoms with Crippen LogP contribution in [0.1, 0.15) is 29.9 Å². The first-order valence-corrected chi connectivity index (χ1v) is 10.6. The van der Waals surface area contributed by atoms with Gasteiger partial charge in [-0.3, -0.25) is 24.6 Å². The first-order chi connectivity index (χ1) is 14.4. The van der Waals surface area contributed by atoms with E-state index in [0.717, 1.165) is 43.0 Å². The summed E-state index contributed by atoms with van der Waals surface area (Å²) in [5.74, 6) is -0.904. The minimum absolute atomic E-state index is 0.0416. The minimum Gasteiger partial charge on any atom is -0.368 e. The van der Waals surface area contributed by atoms with Crippen molar-refractivity contribution in [2.75, 3.05) is 31.1 Å². The summed E-state index contributed by atoms with van der Waals surface area (Å²) in [5, 5.41) is 2.99. The zero-order valence-corrected chi connectivity index (χ0v) is 17.7. The number of anilines is 1. The van der Waals surface area contributed by atoms with Crippen LogP contribution in [0.4, 0.5) is 5.69 Å². The molecule has 158 valence electrons. The number of pyridine rings is 1. The van der Waals surface area contributed by atoms with Crippen molar-refractivity contribution in [2.45, 2.75) is 25.3 Å². The summed E-state index contributed by atoms with van der Waals surface area (Å²) < 4.78 is 1.60. The molecule has 8 heteroatoms. The number of carbonyl (C=O) groups excluding carboxylic acids is 2. The van der Waals surface area contributed by atoms with E-state index in [4.69, 9.17) is 11.6 Å². The normalized spacial score (nSPS) is 20.3. The van der Waals surface area contributed by atoms with Crippen LogP contribution in [0.3, 0.4) is 0 Å². The van der Waals surface area contributed by atoms with Crippen LogP contribution in [0.25, 0.3) is 0 Å². The predicted molar refractivity (Wildman–Crippen MR) is 116 cm³/mol. The number of hydrogen-bond acceptors (Lipinski definition) is 5. The molecule has 1 aromatic carbocycles. The number of nitrogens with one attached hydrogen (secondary N) is 1. The van der Waals surface area contributed by atoms with Crippen molar-refractivity contribution in [2.24, 2.45) is 7.05 Å². The van der Waals surface area contributed by atoms with Crippen LogP contribution in [0.15, 0.2) is 41.3 Å². The highest BCUT2D eigenvalue weighted by molar-refractivity contribution is 6.34. The molecule has 1 unspecified atom stereocenters. The summed E-state index contributed by atoms with van der Waals surface area (Å²) in [7, 11) is 1.77. The quantitative estimate of drug-likeness (QED) is 0.752. The van der Waals surface area contributed by atoms with Gasteiger partial charge in [0.05, 0.1) is 16.6 Å². The van der Waals surface area contributed by atoms with E-state index < -0.39 is 5.92 Å². The van der Waals surface area contributed by atoms with Crippen LogP contribution in [-0.4, -0.2) is 47.5 Å². The summed E-state index contributed by atoms with van der Waals surface area (Å²) >= 11 is 6.72. The molecular weight excluding hydrogens is 404 g/mol. The molecule has 7 nitrogen and oxygen atoms in total. The summed E-state index contributed by atoms with van der Waals surface area (Å²) in [6.07, 6.45) is 2.57. The Morgan fingerprint density at radius 2 is 1.83 bits per heavy atom. The number of benzene rings is 1. The van der Waals surface area contributed by atoms with Gasteiger partial charge in [-0.1, -0.05) is 29.8 Å². The fourth-order valence-corrected chi connectivity index (χ4v) is 4.58. The van der Waals surface area contributed by atoms with Crippen molar-refractivity contribution in [1.82, 2.24) is 14.8 Å². The van der Waals surface area contributed by atoms with Gasteiger partial charge in [0.1, 0.15) is 0 Å². The summed E-state index contributed by atoms with van der Waals surface area (Å²) in [4.78, 5) is 40.5. The average Bonchev–Trinajstić information content (AvgIpc) is 2.73. The smallest absolute Gasteiger partial charge is 0.254 e. The van der Waals surface area contributed by atoms with Crippen LogP contribution in [-0.2, 0) is 23.2 Å². The van der Waals surface area contributed by atoms with Gasteiger partial charge in [0, 0.05) is 58.0 Å². The topological polar surface area (TPSA) is 74.7 Å². The number of carbonyl (C=O) groups is 2. The van der Waals surface area contributed by atoms with E-state index in [-0.39, 0.29) is 17.4 Å². The highest BCUT2D eigenvalue weighted by Crippen LogP contribution is 2.37. The van der Waals surface area contributed by atoms with Crippen molar-refractivity contribution < 1.29 is 9.59 Å². The van der Waals surface area contributed by atoms with Gasteiger partial charge in [-0.15, -0.1) is 0 Å². The van der Waals surface area contributed by atoms with Gasteiger partial charge in [0.2, 0.25) is 11.8 Å². The number of hydrogen-bond donors (Lipinski definition) is 1. The van der Waals surface area contributed by atoms with E-state index in [1.807, 2.05) is 30.3 Å². The number of amides is 2. The lowest BCUT2D eigenvalue weighted by molar-refractivity contribution is -0.134. The standard InChI is InChI=1S/C22H25ClN4O3/c1-25-9-3-4-15(22(25)30)14-26-10-12-27(13-11-26)18-6-2-5-16(20(18)23)17-7-8-19(28)24-21(17)29/h2-6,9,17H,7-8,10-14H2,1H3,(H,24,28,29). The molecule has 0 spiro atoms. The molecule has 2 aromatic rings. The van der Waals surface area contributed by atoms with E-state index in [0.29, 0.717) is 24.4 Å². The van der Waals surface area contributed by atoms with E-state index in [2.05, 4.69) is 15.1 Å². The fourth-order valence-electron chi connectivity index (χ4n) is 4.20. The molecule has 2 aliphatic heterocycles. The Bertz CT molecular complexity index is 1030. The number of nitrogens with zero attached hydrogens (tertiary/aromatic N) is 3. The van der Waals surface area contributed by atoms with E-state index in [9.17, 15) is 14.4 Å². The summed E-state index contributed by atoms with van der Waals surface area (Å²) in [5.41, 5.74) is 2.52. The average molecular weight is 429 g/mol. The molecule has 0 bridgehead atoms. The highest BCUT2D eigenvalue weighted by Gasteiger charge is 2.31. The van der Waals surface area contributed by atoms with Gasteiger partial charge in [0.25, 0.3) is 5.56 Å². The molecule has 30 heavy (non-hydrogen) atoms. The lowest BCUT2D eigenvalue weighted by atomic mass is 9.90. The second kappa shape index (κ2) is 8.62. The Hall–Kier alpha value is -2.64. The van der Waals surface area contributed by atoms with Crippen LogP contribution >= 0.6 is 11.6 Å². The predicted octanol–water partition coefficient (Wildman–Crippen LogP) is 1.88. The molecule has 1 N–H and O–H groups in total. The largest absolute Gasteiger partial charge is 0.368 e. The Balaban J connectivity index is 1.45. The third-order valence-corrected chi connectivity index (χ3v) is 6.34. The van der Waals surface area contributed by atoms with Crippen LogP contribution < -0.4 is 15.8 Å². The number of halogens is 1. The summed E-state index contributed by atoms with van der Waals surface area (Å²) in [6.45, 7) is 3.83. The molecule has 0 aliphatic carbocycles. The van der Waals surface area contributed by atoms with Crippen molar-refractivity contribution >= 4 is 29.1 Å². The van der Waals surface area contributed by atoms with E-state index in [1.54, 1.807) is 17.8 Å². The summed E-state index contributed by atoms with van der Waals surface area (Å²) in [6, 6.07) is 9.54. The van der Waals surface area contributed by atoms with E-state index in [1.165, 1.54) is 0 Å². The lowest BCUT2D eigenvalue weighted by Crippen LogP contribution is -2.46. The van der Waals surface area contributed by atoms with Gasteiger partial charge in [0.15, 0.2) is 0 Å². The SMILES string of the molecule is Cn1cccc(CN2CCN(c3cccc(C4CCC(=O)NC4=O)c3Cl)CC2)c1=O. The van der Waals surface area contributed by atoms with Crippen molar-refractivity contribution in [3.63, 3.8) is 0 Å². The maximum Gasteiger partial charge on any atom is 0.254 e. The van der Waals surface area contributed by atoms with Crippen molar-refractivity contribution in [3.05, 3.63) is 63.0 Å². The molecule has 2 amide bonds. The Kier molecular flexibility index (Phi) is 5.92. The molecular formula is C22H25ClN4O3. The highest BCUT2D eigenvalue weighted by atomic mass is 35.5. The molecule has 2 aliphatic rings. The maximum atomic E-state index is 12.3. The number of imide groups is 1. The molecule has 1 atom stereocenters. The molecule has 4 rings (SSSR count). The van der Waals surface area contributed by atoms with Crippen molar-refractivity contribution in [3.8, 4) is 0 Å². The minimum atomic E-state index is -0.397. The first kappa shape index (κ1) is 20.6. The maximum absolute atomic E-state index is 12.3. The Morgan fingerprint density at radius 1 is 1.07 bits per heavy atom. The number of rotatable bonds is 4. The van der Waals surface area contributed by atoms with Crippen LogP contribution in [0, 0.1) is 0 Å². The number of piperidine rings is 1. The Morgan fingerprint density at radius 3 is 2.57 bits per heavy atom. The molecule has 2 fully saturated rings. The number of aryl methyl sites for hydroxylation is 1.